The second-order valence-electron chi connectivity index (χ2n) is 9.97. The minimum absolute atomic E-state index is 0.240. The second-order valence-corrected chi connectivity index (χ2v) is 9.97. The van der Waals surface area contributed by atoms with Crippen molar-refractivity contribution in [1.29, 1.82) is 0 Å². The summed E-state index contributed by atoms with van der Waals surface area (Å²) in [5.41, 5.74) is 4.74. The van der Waals surface area contributed by atoms with Crippen LogP contribution in [-0.4, -0.2) is 56.4 Å². The molecule has 230 valence electrons. The van der Waals surface area contributed by atoms with Gasteiger partial charge in [-0.3, -0.25) is 4.79 Å². The van der Waals surface area contributed by atoms with E-state index in [0.29, 0.717) is 45.4 Å². The lowest BCUT2D eigenvalue weighted by Gasteiger charge is -2.17. The number of rotatable bonds is 11. The Morgan fingerprint density at radius 3 is 1.64 bits per heavy atom. The number of methoxy groups -OCH3 is 4. The zero-order valence-corrected chi connectivity index (χ0v) is 25.6. The average Bonchev–Trinajstić information content (AvgIpc) is 3.09. The number of anilines is 1. The van der Waals surface area contributed by atoms with Crippen molar-refractivity contribution in [2.45, 2.75) is 19.4 Å². The quantitative estimate of drug-likeness (QED) is 0.166. The number of fused-ring (bicyclic) bond motifs is 1. The first-order valence-corrected chi connectivity index (χ1v) is 14.2. The highest BCUT2D eigenvalue weighted by molar-refractivity contribution is 5.99. The van der Waals surface area contributed by atoms with E-state index in [1.807, 2.05) is 48.5 Å². The van der Waals surface area contributed by atoms with Gasteiger partial charge in [0.05, 0.1) is 56.4 Å². The molecule has 1 atom stereocenters. The third-order valence-electron chi connectivity index (χ3n) is 7.16. The minimum Gasteiger partial charge on any atom is -0.497 e. The van der Waals surface area contributed by atoms with Crippen molar-refractivity contribution in [2.75, 3.05) is 33.8 Å². The van der Waals surface area contributed by atoms with Gasteiger partial charge in [-0.2, -0.15) is 0 Å². The summed E-state index contributed by atoms with van der Waals surface area (Å²) in [7, 11) is 6.26. The van der Waals surface area contributed by atoms with Crippen LogP contribution in [0.4, 0.5) is 5.69 Å². The molecule has 45 heavy (non-hydrogen) atoms. The van der Waals surface area contributed by atoms with Crippen LogP contribution in [0.25, 0.3) is 33.5 Å². The van der Waals surface area contributed by atoms with Gasteiger partial charge in [0.15, 0.2) is 6.10 Å². The predicted molar refractivity (Wildman–Crippen MR) is 171 cm³/mol. The number of nitrogens with one attached hydrogen (secondary N) is 1. The van der Waals surface area contributed by atoms with E-state index >= 15 is 0 Å². The van der Waals surface area contributed by atoms with Gasteiger partial charge in [-0.05, 0) is 73.2 Å². The molecule has 1 aromatic heterocycles. The summed E-state index contributed by atoms with van der Waals surface area (Å²) < 4.78 is 26.8. The van der Waals surface area contributed by atoms with Gasteiger partial charge in [0.2, 0.25) is 0 Å². The van der Waals surface area contributed by atoms with Gasteiger partial charge in [-0.15, -0.1) is 0 Å². The molecule has 5 rings (SSSR count). The first-order chi connectivity index (χ1) is 21.8. The number of hydrogen-bond donors (Lipinski definition) is 1. The Hall–Kier alpha value is -5.64. The summed E-state index contributed by atoms with van der Waals surface area (Å²) in [6.45, 7) is 1.76. The van der Waals surface area contributed by atoms with Gasteiger partial charge < -0.3 is 29.0 Å². The number of benzene rings is 4. The number of esters is 1. The van der Waals surface area contributed by atoms with Gasteiger partial charge in [-0.1, -0.05) is 6.92 Å². The fourth-order valence-corrected chi connectivity index (χ4v) is 4.70. The molecule has 0 fully saturated rings. The lowest BCUT2D eigenvalue weighted by molar-refractivity contribution is -0.124. The number of ether oxygens (including phenoxy) is 5. The molecule has 1 amide bonds. The fourth-order valence-electron chi connectivity index (χ4n) is 4.70. The van der Waals surface area contributed by atoms with Crippen LogP contribution >= 0.6 is 0 Å². The van der Waals surface area contributed by atoms with Crippen molar-refractivity contribution in [1.82, 2.24) is 9.97 Å². The van der Waals surface area contributed by atoms with Crippen LogP contribution in [0.15, 0.2) is 84.9 Å². The highest BCUT2D eigenvalue weighted by atomic mass is 16.5. The molecule has 0 aliphatic heterocycles. The van der Waals surface area contributed by atoms with Gasteiger partial charge in [0, 0.05) is 35.0 Å². The van der Waals surface area contributed by atoms with Crippen molar-refractivity contribution >= 4 is 28.6 Å². The monoisotopic (exact) mass is 607 g/mol. The Morgan fingerprint density at radius 2 is 1.16 bits per heavy atom. The topological polar surface area (TPSA) is 118 Å². The van der Waals surface area contributed by atoms with Crippen LogP contribution in [0.3, 0.4) is 0 Å². The molecule has 0 radical (unpaired) electrons. The normalized spacial score (nSPS) is 11.4. The molecular weight excluding hydrogens is 574 g/mol. The van der Waals surface area contributed by atoms with Crippen LogP contribution in [0.2, 0.25) is 0 Å². The summed E-state index contributed by atoms with van der Waals surface area (Å²) >= 11 is 0. The lowest BCUT2D eigenvalue weighted by atomic mass is 10.0. The van der Waals surface area contributed by atoms with E-state index in [2.05, 4.69) is 5.32 Å². The number of aromatic nitrogens is 2. The number of amides is 1. The molecule has 1 N–H and O–H groups in total. The van der Waals surface area contributed by atoms with Gasteiger partial charge in [0.1, 0.15) is 23.0 Å². The maximum Gasteiger partial charge on any atom is 0.338 e. The highest BCUT2D eigenvalue weighted by Crippen LogP contribution is 2.33. The van der Waals surface area contributed by atoms with E-state index in [1.54, 1.807) is 57.5 Å². The first kappa shape index (κ1) is 30.8. The molecule has 0 saturated heterocycles. The number of carbonyl (C=O) groups excluding carboxylic acids is 2. The number of nitrogens with zero attached hydrogens (tertiary/aromatic N) is 2. The van der Waals surface area contributed by atoms with E-state index in [1.165, 1.54) is 14.2 Å². The fraction of sp³-hybridized carbons (Fsp3) is 0.200. The van der Waals surface area contributed by atoms with Crippen molar-refractivity contribution < 1.29 is 33.3 Å². The first-order valence-electron chi connectivity index (χ1n) is 14.2. The molecule has 10 heteroatoms. The Balaban J connectivity index is 1.44. The van der Waals surface area contributed by atoms with Gasteiger partial charge in [0.25, 0.3) is 5.91 Å². The SMILES string of the molecule is CCC(OC(=O)c1ccc2nc(-c3ccc(OC)cc3)c(-c3ccc(OC)cc3)nc2c1)C(=O)Nc1cc(OC)cc(OC)c1. The van der Waals surface area contributed by atoms with Crippen molar-refractivity contribution in [3.05, 3.63) is 90.5 Å². The highest BCUT2D eigenvalue weighted by Gasteiger charge is 2.23. The van der Waals surface area contributed by atoms with Crippen LogP contribution in [0.5, 0.6) is 23.0 Å². The van der Waals surface area contributed by atoms with Gasteiger partial charge in [-0.25, -0.2) is 14.8 Å². The summed E-state index contributed by atoms with van der Waals surface area (Å²) in [4.78, 5) is 36.2. The maximum absolute atomic E-state index is 13.3. The Bertz CT molecular complexity index is 1800. The van der Waals surface area contributed by atoms with Crippen LogP contribution in [0.1, 0.15) is 23.7 Å². The molecule has 0 saturated carbocycles. The smallest absolute Gasteiger partial charge is 0.338 e. The Morgan fingerprint density at radius 1 is 0.644 bits per heavy atom. The standard InChI is InChI=1S/C35H33N3O7/c1-6-31(34(39)36-24-18-27(43-4)20-28(19-24)44-5)45-35(40)23-11-16-29-30(17-23)38-33(22-9-14-26(42-3)15-10-22)32(37-29)21-7-12-25(41-2)13-8-21/h7-20,31H,6H2,1-5H3,(H,36,39). The molecule has 1 heterocycles. The summed E-state index contributed by atoms with van der Waals surface area (Å²) in [6, 6.07) is 25.0. The zero-order chi connectivity index (χ0) is 31.9. The van der Waals surface area contributed by atoms with Gasteiger partial charge >= 0.3 is 5.97 Å². The predicted octanol–water partition coefficient (Wildman–Crippen LogP) is 6.57. The van der Waals surface area contributed by atoms with Crippen LogP contribution < -0.4 is 24.3 Å². The van der Waals surface area contributed by atoms with Crippen molar-refractivity contribution in [3.63, 3.8) is 0 Å². The molecule has 0 spiro atoms. The maximum atomic E-state index is 13.3. The molecule has 0 aliphatic rings. The number of hydrogen-bond acceptors (Lipinski definition) is 9. The molecular formula is C35H33N3O7. The van der Waals surface area contributed by atoms with Crippen molar-refractivity contribution in [3.8, 4) is 45.5 Å². The molecule has 1 unspecified atom stereocenters. The van der Waals surface area contributed by atoms with E-state index in [-0.39, 0.29) is 12.0 Å². The third kappa shape index (κ3) is 6.96. The van der Waals surface area contributed by atoms with Crippen molar-refractivity contribution in [2.24, 2.45) is 0 Å². The number of carbonyl (C=O) groups is 2. The van der Waals surface area contributed by atoms with Crippen LogP contribution in [-0.2, 0) is 9.53 Å². The minimum atomic E-state index is -1.04. The molecule has 10 nitrogen and oxygen atoms in total. The van der Waals surface area contributed by atoms with E-state index in [0.717, 1.165) is 16.9 Å². The van der Waals surface area contributed by atoms with E-state index in [9.17, 15) is 9.59 Å². The third-order valence-corrected chi connectivity index (χ3v) is 7.16. The van der Waals surface area contributed by atoms with E-state index < -0.39 is 18.0 Å². The average molecular weight is 608 g/mol. The Kier molecular flexibility index (Phi) is 9.43. The largest absolute Gasteiger partial charge is 0.497 e. The molecule has 0 aliphatic carbocycles. The molecule has 4 aromatic carbocycles. The second kappa shape index (κ2) is 13.8. The molecule has 5 aromatic rings. The summed E-state index contributed by atoms with van der Waals surface area (Å²) in [5.74, 6) is 1.32. The summed E-state index contributed by atoms with van der Waals surface area (Å²) in [5, 5.41) is 2.78. The Labute approximate surface area is 260 Å². The summed E-state index contributed by atoms with van der Waals surface area (Å²) in [6.07, 6.45) is -0.775. The molecule has 0 bridgehead atoms. The van der Waals surface area contributed by atoms with Crippen LogP contribution in [0, 0.1) is 0 Å². The van der Waals surface area contributed by atoms with E-state index in [4.69, 9.17) is 33.7 Å². The lowest BCUT2D eigenvalue weighted by Crippen LogP contribution is -2.32. The zero-order valence-electron chi connectivity index (χ0n) is 25.6.